The number of rotatable bonds is 7. The molecule has 0 spiro atoms. The molecule has 0 aromatic heterocycles. The number of nitriles is 1. The van der Waals surface area contributed by atoms with E-state index in [-0.39, 0.29) is 0 Å². The van der Waals surface area contributed by atoms with Crippen LogP contribution in [0.3, 0.4) is 0 Å². The lowest BCUT2D eigenvalue weighted by Crippen LogP contribution is -2.35. The Bertz CT molecular complexity index is 151. The van der Waals surface area contributed by atoms with Gasteiger partial charge in [0.05, 0.1) is 12.5 Å². The van der Waals surface area contributed by atoms with Gasteiger partial charge in [-0.2, -0.15) is 5.26 Å². The number of nitrogens with one attached hydrogen (secondary N) is 1. The molecule has 0 aliphatic heterocycles. The monoisotopic (exact) mass is 183 g/mol. The zero-order valence-electron chi connectivity index (χ0n) is 9.01. The van der Waals surface area contributed by atoms with Crippen LogP contribution < -0.4 is 5.32 Å². The minimum atomic E-state index is 0.371. The van der Waals surface area contributed by atoms with Crippen LogP contribution in [0.2, 0.25) is 0 Å². The van der Waals surface area contributed by atoms with E-state index >= 15 is 0 Å². The summed E-state index contributed by atoms with van der Waals surface area (Å²) in [5.74, 6) is 0. The van der Waals surface area contributed by atoms with Crippen LogP contribution in [0.4, 0.5) is 0 Å². The van der Waals surface area contributed by atoms with Gasteiger partial charge in [0.25, 0.3) is 0 Å². The van der Waals surface area contributed by atoms with E-state index in [0.29, 0.717) is 12.5 Å². The molecule has 0 aliphatic carbocycles. The van der Waals surface area contributed by atoms with Gasteiger partial charge >= 0.3 is 0 Å². The van der Waals surface area contributed by atoms with E-state index in [0.717, 1.165) is 26.1 Å². The smallest absolute Gasteiger partial charge is 0.0638 e. The van der Waals surface area contributed by atoms with Crippen molar-refractivity contribution in [1.82, 2.24) is 10.2 Å². The Morgan fingerprint density at radius 3 is 2.62 bits per heavy atom. The third-order valence-electron chi connectivity index (χ3n) is 2.30. The van der Waals surface area contributed by atoms with E-state index in [1.165, 1.54) is 0 Å². The average molecular weight is 183 g/mol. The van der Waals surface area contributed by atoms with Gasteiger partial charge in [-0.25, -0.2) is 0 Å². The maximum atomic E-state index is 8.52. The Labute approximate surface area is 81.7 Å². The summed E-state index contributed by atoms with van der Waals surface area (Å²) in [6.07, 6.45) is 1.65. The SMILES string of the molecule is CCC(CC#N)NCCN(C)CC. The molecule has 0 saturated carbocycles. The van der Waals surface area contributed by atoms with Crippen LogP contribution in [0, 0.1) is 11.3 Å². The van der Waals surface area contributed by atoms with Crippen molar-refractivity contribution in [2.45, 2.75) is 32.7 Å². The fourth-order valence-corrected chi connectivity index (χ4v) is 1.09. The molecule has 0 heterocycles. The molecule has 0 radical (unpaired) electrons. The van der Waals surface area contributed by atoms with E-state index in [4.69, 9.17) is 5.26 Å². The highest BCUT2D eigenvalue weighted by Crippen LogP contribution is 1.95. The molecule has 0 amide bonds. The predicted octanol–water partition coefficient (Wildman–Crippen LogP) is 1.22. The van der Waals surface area contributed by atoms with Crippen LogP contribution in [0.25, 0.3) is 0 Å². The second-order valence-corrected chi connectivity index (χ2v) is 3.32. The molecule has 0 aromatic rings. The Kier molecular flexibility index (Phi) is 7.66. The van der Waals surface area contributed by atoms with Crippen molar-refractivity contribution in [2.24, 2.45) is 0 Å². The largest absolute Gasteiger partial charge is 0.312 e. The summed E-state index contributed by atoms with van der Waals surface area (Å²) in [5.41, 5.74) is 0. The molecule has 0 saturated heterocycles. The highest BCUT2D eigenvalue weighted by atomic mass is 15.1. The molecule has 0 rings (SSSR count). The molecule has 0 aromatic carbocycles. The topological polar surface area (TPSA) is 39.1 Å². The molecular formula is C10H21N3. The summed E-state index contributed by atoms with van der Waals surface area (Å²) in [6.45, 7) is 7.37. The summed E-state index contributed by atoms with van der Waals surface area (Å²) in [7, 11) is 2.10. The van der Waals surface area contributed by atoms with Crippen LogP contribution in [-0.4, -0.2) is 37.6 Å². The molecule has 1 unspecified atom stereocenters. The van der Waals surface area contributed by atoms with Gasteiger partial charge in [0, 0.05) is 19.1 Å². The van der Waals surface area contributed by atoms with Gasteiger partial charge in [-0.05, 0) is 20.0 Å². The summed E-state index contributed by atoms with van der Waals surface area (Å²) >= 11 is 0. The van der Waals surface area contributed by atoms with Crippen LogP contribution in [-0.2, 0) is 0 Å². The maximum absolute atomic E-state index is 8.52. The number of hydrogen-bond acceptors (Lipinski definition) is 3. The van der Waals surface area contributed by atoms with E-state index in [9.17, 15) is 0 Å². The fraction of sp³-hybridized carbons (Fsp3) is 0.900. The molecule has 3 nitrogen and oxygen atoms in total. The van der Waals surface area contributed by atoms with Crippen molar-refractivity contribution in [2.75, 3.05) is 26.7 Å². The molecular weight excluding hydrogens is 162 g/mol. The van der Waals surface area contributed by atoms with Crippen LogP contribution in [0.1, 0.15) is 26.7 Å². The highest BCUT2D eigenvalue weighted by Gasteiger charge is 2.03. The van der Waals surface area contributed by atoms with Gasteiger partial charge in [0.2, 0.25) is 0 Å². The Morgan fingerprint density at radius 1 is 1.46 bits per heavy atom. The molecule has 0 aliphatic rings. The maximum Gasteiger partial charge on any atom is 0.0638 e. The van der Waals surface area contributed by atoms with Gasteiger partial charge in [-0.1, -0.05) is 13.8 Å². The van der Waals surface area contributed by atoms with Gasteiger partial charge in [0.15, 0.2) is 0 Å². The van der Waals surface area contributed by atoms with Crippen LogP contribution >= 0.6 is 0 Å². The highest BCUT2D eigenvalue weighted by molar-refractivity contribution is 4.79. The van der Waals surface area contributed by atoms with Crippen molar-refractivity contribution in [1.29, 1.82) is 5.26 Å². The lowest BCUT2D eigenvalue weighted by molar-refractivity contribution is 0.338. The molecule has 0 fully saturated rings. The van der Waals surface area contributed by atoms with Crippen molar-refractivity contribution in [3.63, 3.8) is 0 Å². The first-order chi connectivity index (χ1) is 6.24. The van der Waals surface area contributed by atoms with Crippen molar-refractivity contribution in [3.8, 4) is 6.07 Å². The third-order valence-corrected chi connectivity index (χ3v) is 2.30. The van der Waals surface area contributed by atoms with Crippen LogP contribution in [0.5, 0.6) is 0 Å². The van der Waals surface area contributed by atoms with Crippen molar-refractivity contribution in [3.05, 3.63) is 0 Å². The predicted molar refractivity (Wildman–Crippen MR) is 55.5 cm³/mol. The van der Waals surface area contributed by atoms with E-state index in [1.54, 1.807) is 0 Å². The van der Waals surface area contributed by atoms with E-state index < -0.39 is 0 Å². The van der Waals surface area contributed by atoms with Crippen molar-refractivity contribution < 1.29 is 0 Å². The lowest BCUT2D eigenvalue weighted by atomic mass is 10.2. The van der Waals surface area contributed by atoms with E-state index in [2.05, 4.69) is 37.2 Å². The van der Waals surface area contributed by atoms with Crippen LogP contribution in [0.15, 0.2) is 0 Å². The minimum absolute atomic E-state index is 0.371. The van der Waals surface area contributed by atoms with Gasteiger partial charge in [-0.15, -0.1) is 0 Å². The zero-order chi connectivity index (χ0) is 10.1. The lowest BCUT2D eigenvalue weighted by Gasteiger charge is -2.17. The normalized spacial score (nSPS) is 12.8. The summed E-state index contributed by atoms with van der Waals surface area (Å²) in [6, 6.07) is 2.57. The molecule has 76 valence electrons. The average Bonchev–Trinajstić information content (AvgIpc) is 2.16. The molecule has 13 heavy (non-hydrogen) atoms. The summed E-state index contributed by atoms with van der Waals surface area (Å²) in [5, 5.41) is 11.9. The second-order valence-electron chi connectivity index (χ2n) is 3.32. The Balaban J connectivity index is 3.44. The summed E-state index contributed by atoms with van der Waals surface area (Å²) in [4.78, 5) is 2.26. The Morgan fingerprint density at radius 2 is 2.15 bits per heavy atom. The summed E-state index contributed by atoms with van der Waals surface area (Å²) < 4.78 is 0. The van der Waals surface area contributed by atoms with Gasteiger partial charge in [-0.3, -0.25) is 0 Å². The van der Waals surface area contributed by atoms with E-state index in [1.807, 2.05) is 0 Å². The van der Waals surface area contributed by atoms with Gasteiger partial charge in [0.1, 0.15) is 0 Å². The molecule has 3 heteroatoms. The standard InChI is InChI=1S/C10H21N3/c1-4-10(6-7-11)12-8-9-13(3)5-2/h10,12H,4-6,8-9H2,1-3H3. The number of nitrogens with zero attached hydrogens (tertiary/aromatic N) is 2. The number of likely N-dealkylation sites (N-methyl/N-ethyl adjacent to an activating group) is 1. The zero-order valence-corrected chi connectivity index (χ0v) is 9.01. The van der Waals surface area contributed by atoms with Crippen molar-refractivity contribution >= 4 is 0 Å². The Hall–Kier alpha value is -0.590. The molecule has 1 N–H and O–H groups in total. The third kappa shape index (κ3) is 6.56. The second kappa shape index (κ2) is 8.03. The quantitative estimate of drug-likeness (QED) is 0.645. The molecule has 1 atom stereocenters. The van der Waals surface area contributed by atoms with Gasteiger partial charge < -0.3 is 10.2 Å². The first-order valence-electron chi connectivity index (χ1n) is 5.03. The first kappa shape index (κ1) is 12.4. The number of hydrogen-bond donors (Lipinski definition) is 1. The minimum Gasteiger partial charge on any atom is -0.312 e. The fourth-order valence-electron chi connectivity index (χ4n) is 1.09. The molecule has 0 bridgehead atoms. The first-order valence-corrected chi connectivity index (χ1v) is 5.03.